The maximum Gasteiger partial charge on any atom is 0.124 e. The summed E-state index contributed by atoms with van der Waals surface area (Å²) < 4.78 is 16.4. The fourth-order valence-corrected chi connectivity index (χ4v) is 1.97. The van der Waals surface area contributed by atoms with E-state index in [1.165, 1.54) is 0 Å². The van der Waals surface area contributed by atoms with Gasteiger partial charge in [-0.25, -0.2) is 0 Å². The highest BCUT2D eigenvalue weighted by Crippen LogP contribution is 2.22. The number of hydrogen-bond acceptors (Lipinski definition) is 4. The van der Waals surface area contributed by atoms with Crippen LogP contribution in [-0.4, -0.2) is 33.0 Å². The molecule has 1 aliphatic heterocycles. The number of nitrogens with two attached hydrogens (primary N) is 1. The summed E-state index contributed by atoms with van der Waals surface area (Å²) in [5.41, 5.74) is 7.30. The van der Waals surface area contributed by atoms with Gasteiger partial charge in [-0.1, -0.05) is 11.8 Å². The smallest absolute Gasteiger partial charge is 0.124 e. The molecule has 102 valence electrons. The summed E-state index contributed by atoms with van der Waals surface area (Å²) in [5, 5.41) is 0. The molecule has 2 N–H and O–H groups in total. The quantitative estimate of drug-likeness (QED) is 0.830. The van der Waals surface area contributed by atoms with Gasteiger partial charge in [-0.05, 0) is 24.6 Å². The van der Waals surface area contributed by atoms with Crippen LogP contribution in [0.4, 0.5) is 0 Å². The van der Waals surface area contributed by atoms with Crippen molar-refractivity contribution in [2.45, 2.75) is 19.1 Å². The lowest BCUT2D eigenvalue weighted by atomic mass is 10.1. The maximum absolute atomic E-state index is 5.81. The first-order chi connectivity index (χ1) is 9.33. The van der Waals surface area contributed by atoms with E-state index in [1.807, 2.05) is 18.2 Å². The molecule has 1 aromatic rings. The van der Waals surface area contributed by atoms with E-state index in [1.54, 1.807) is 7.11 Å². The number of rotatable bonds is 4. The standard InChI is InChI=1S/C15H19NO3/c1-17-15-5-4-12(3-2-7-16)9-13(15)10-19-14-6-8-18-11-14/h4-5,9,14H,6-8,10-11,16H2,1H3. The van der Waals surface area contributed by atoms with Crippen molar-refractivity contribution in [3.8, 4) is 17.6 Å². The fourth-order valence-electron chi connectivity index (χ4n) is 1.97. The van der Waals surface area contributed by atoms with E-state index in [-0.39, 0.29) is 6.10 Å². The topological polar surface area (TPSA) is 53.7 Å². The minimum atomic E-state index is 0.184. The van der Waals surface area contributed by atoms with Crippen LogP contribution in [0.1, 0.15) is 17.5 Å². The van der Waals surface area contributed by atoms with Gasteiger partial charge in [0, 0.05) is 17.7 Å². The first kappa shape index (κ1) is 13.9. The third kappa shape index (κ3) is 3.97. The summed E-state index contributed by atoms with van der Waals surface area (Å²) in [4.78, 5) is 0. The number of ether oxygens (including phenoxy) is 3. The first-order valence-electron chi connectivity index (χ1n) is 6.38. The van der Waals surface area contributed by atoms with Crippen LogP contribution >= 0.6 is 0 Å². The zero-order valence-electron chi connectivity index (χ0n) is 11.1. The van der Waals surface area contributed by atoms with Crippen LogP contribution in [-0.2, 0) is 16.1 Å². The molecule has 1 unspecified atom stereocenters. The molecule has 4 nitrogen and oxygen atoms in total. The van der Waals surface area contributed by atoms with E-state index in [2.05, 4.69) is 11.8 Å². The van der Waals surface area contributed by atoms with Crippen LogP contribution in [0, 0.1) is 11.8 Å². The van der Waals surface area contributed by atoms with Crippen molar-refractivity contribution >= 4 is 0 Å². The van der Waals surface area contributed by atoms with Gasteiger partial charge in [0.25, 0.3) is 0 Å². The highest BCUT2D eigenvalue weighted by Gasteiger charge is 2.16. The van der Waals surface area contributed by atoms with Gasteiger partial charge in [-0.3, -0.25) is 0 Å². The molecular formula is C15H19NO3. The van der Waals surface area contributed by atoms with Crippen molar-refractivity contribution in [2.24, 2.45) is 5.73 Å². The first-order valence-corrected chi connectivity index (χ1v) is 6.38. The summed E-state index contributed by atoms with van der Waals surface area (Å²) in [6, 6.07) is 5.81. The van der Waals surface area contributed by atoms with Crippen LogP contribution in [0.25, 0.3) is 0 Å². The van der Waals surface area contributed by atoms with E-state index in [9.17, 15) is 0 Å². The Balaban J connectivity index is 2.06. The Morgan fingerprint density at radius 3 is 3.05 bits per heavy atom. The molecule has 0 amide bonds. The molecule has 0 radical (unpaired) electrons. The molecule has 1 fully saturated rings. The Morgan fingerprint density at radius 2 is 2.37 bits per heavy atom. The van der Waals surface area contributed by atoms with Gasteiger partial charge < -0.3 is 19.9 Å². The van der Waals surface area contributed by atoms with Gasteiger partial charge in [-0.15, -0.1) is 0 Å². The molecule has 4 heteroatoms. The molecule has 0 spiro atoms. The van der Waals surface area contributed by atoms with E-state index in [0.29, 0.717) is 19.8 Å². The van der Waals surface area contributed by atoms with Gasteiger partial charge in [0.05, 0.1) is 33.0 Å². The Morgan fingerprint density at radius 1 is 1.47 bits per heavy atom. The summed E-state index contributed by atoms with van der Waals surface area (Å²) in [5.74, 6) is 6.67. The average Bonchev–Trinajstić information content (AvgIpc) is 2.96. The lowest BCUT2D eigenvalue weighted by Crippen LogP contribution is -2.12. The summed E-state index contributed by atoms with van der Waals surface area (Å²) in [6.45, 7) is 2.32. The fraction of sp³-hybridized carbons (Fsp3) is 0.467. The molecule has 1 aromatic carbocycles. The summed E-state index contributed by atoms with van der Waals surface area (Å²) >= 11 is 0. The Labute approximate surface area is 113 Å². The monoisotopic (exact) mass is 261 g/mol. The van der Waals surface area contributed by atoms with E-state index in [0.717, 1.165) is 29.9 Å². The van der Waals surface area contributed by atoms with Crippen molar-refractivity contribution in [3.05, 3.63) is 29.3 Å². The van der Waals surface area contributed by atoms with E-state index >= 15 is 0 Å². The highest BCUT2D eigenvalue weighted by molar-refractivity contribution is 5.44. The molecule has 1 saturated heterocycles. The lowest BCUT2D eigenvalue weighted by molar-refractivity contribution is 0.0309. The molecule has 0 bridgehead atoms. The van der Waals surface area contributed by atoms with Gasteiger partial charge in [-0.2, -0.15) is 0 Å². The minimum Gasteiger partial charge on any atom is -0.496 e. The van der Waals surface area contributed by atoms with Gasteiger partial charge in [0.15, 0.2) is 0 Å². The van der Waals surface area contributed by atoms with E-state index < -0.39 is 0 Å². The van der Waals surface area contributed by atoms with Crippen LogP contribution in [0.5, 0.6) is 5.75 Å². The van der Waals surface area contributed by atoms with Crippen LogP contribution in [0.15, 0.2) is 18.2 Å². The third-order valence-electron chi connectivity index (χ3n) is 2.98. The van der Waals surface area contributed by atoms with Crippen LogP contribution < -0.4 is 10.5 Å². The Bertz CT molecular complexity index is 470. The van der Waals surface area contributed by atoms with Crippen LogP contribution in [0.2, 0.25) is 0 Å². The van der Waals surface area contributed by atoms with Gasteiger partial charge >= 0.3 is 0 Å². The zero-order chi connectivity index (χ0) is 13.5. The van der Waals surface area contributed by atoms with Gasteiger partial charge in [0.1, 0.15) is 5.75 Å². The third-order valence-corrected chi connectivity index (χ3v) is 2.98. The second kappa shape index (κ2) is 7.15. The second-order valence-corrected chi connectivity index (χ2v) is 4.33. The van der Waals surface area contributed by atoms with Crippen molar-refractivity contribution in [2.75, 3.05) is 26.9 Å². The molecule has 1 atom stereocenters. The summed E-state index contributed by atoms with van der Waals surface area (Å²) in [6.07, 6.45) is 1.14. The predicted molar refractivity (Wildman–Crippen MR) is 72.9 cm³/mol. The van der Waals surface area contributed by atoms with Crippen LogP contribution in [0.3, 0.4) is 0 Å². The normalized spacial score (nSPS) is 17.9. The second-order valence-electron chi connectivity index (χ2n) is 4.33. The molecule has 1 aliphatic rings. The number of methoxy groups -OCH3 is 1. The maximum atomic E-state index is 5.81. The zero-order valence-corrected chi connectivity index (χ0v) is 11.1. The van der Waals surface area contributed by atoms with Crippen molar-refractivity contribution in [1.29, 1.82) is 0 Å². The Kier molecular flexibility index (Phi) is 5.22. The lowest BCUT2D eigenvalue weighted by Gasteiger charge is -2.13. The SMILES string of the molecule is COc1ccc(C#CCN)cc1COC1CCOC1. The molecule has 2 rings (SSSR count). The van der Waals surface area contributed by atoms with Crippen molar-refractivity contribution < 1.29 is 14.2 Å². The molecular weight excluding hydrogens is 242 g/mol. The largest absolute Gasteiger partial charge is 0.496 e. The molecule has 0 aromatic heterocycles. The molecule has 19 heavy (non-hydrogen) atoms. The summed E-state index contributed by atoms with van der Waals surface area (Å²) in [7, 11) is 1.66. The molecule has 1 heterocycles. The number of benzene rings is 1. The number of hydrogen-bond donors (Lipinski definition) is 1. The molecule has 0 aliphatic carbocycles. The van der Waals surface area contributed by atoms with E-state index in [4.69, 9.17) is 19.9 Å². The predicted octanol–water partition coefficient (Wildman–Crippen LogP) is 1.31. The highest BCUT2D eigenvalue weighted by atomic mass is 16.5. The van der Waals surface area contributed by atoms with Gasteiger partial charge in [0.2, 0.25) is 0 Å². The average molecular weight is 261 g/mol. The Hall–Kier alpha value is -1.54. The minimum absolute atomic E-state index is 0.184. The van der Waals surface area contributed by atoms with Crippen molar-refractivity contribution in [3.63, 3.8) is 0 Å². The molecule has 0 saturated carbocycles. The van der Waals surface area contributed by atoms with Crippen molar-refractivity contribution in [1.82, 2.24) is 0 Å².